The molecule has 0 heterocycles. The normalized spacial score (nSPS) is 15.8. The second-order valence-corrected chi connectivity index (χ2v) is 5.80. The van der Waals surface area contributed by atoms with Gasteiger partial charge in [-0.3, -0.25) is 4.90 Å². The number of benzene rings is 1. The van der Waals surface area contributed by atoms with Crippen LogP contribution in [0.4, 0.5) is 4.39 Å². The van der Waals surface area contributed by atoms with Gasteiger partial charge in [0.25, 0.3) is 0 Å². The van der Waals surface area contributed by atoms with E-state index in [1.807, 2.05) is 12.1 Å². The molecule has 1 aliphatic carbocycles. The van der Waals surface area contributed by atoms with Crippen LogP contribution in [0.15, 0.2) is 18.2 Å². The van der Waals surface area contributed by atoms with Gasteiger partial charge in [0.05, 0.1) is 12.2 Å². The molecule has 2 nitrogen and oxygen atoms in total. The van der Waals surface area contributed by atoms with Crippen molar-refractivity contribution in [2.45, 2.75) is 51.1 Å². The van der Waals surface area contributed by atoms with Crippen LogP contribution in [-0.4, -0.2) is 29.7 Å². The first-order chi connectivity index (χ1) is 10.2. The average Bonchev–Trinajstić information content (AvgIpc) is 2.51. The van der Waals surface area contributed by atoms with Crippen molar-refractivity contribution in [1.29, 1.82) is 0 Å². The smallest absolute Gasteiger partial charge is 0.138 e. The van der Waals surface area contributed by atoms with E-state index in [1.54, 1.807) is 0 Å². The second-order valence-electron chi connectivity index (χ2n) is 5.80. The zero-order valence-corrected chi connectivity index (χ0v) is 12.7. The van der Waals surface area contributed by atoms with Gasteiger partial charge >= 0.3 is 0 Å². The quantitative estimate of drug-likeness (QED) is 0.860. The minimum absolute atomic E-state index is 0.0126. The number of aliphatic hydroxyl groups excluding tert-OH is 1. The lowest BCUT2D eigenvalue weighted by molar-refractivity contribution is 0.184. The summed E-state index contributed by atoms with van der Waals surface area (Å²) in [7, 11) is 2.15. The Morgan fingerprint density at radius 1 is 1.29 bits per heavy atom. The van der Waals surface area contributed by atoms with E-state index in [4.69, 9.17) is 5.11 Å². The summed E-state index contributed by atoms with van der Waals surface area (Å²) in [5.41, 5.74) is 1.52. The van der Waals surface area contributed by atoms with Crippen LogP contribution in [0, 0.1) is 17.7 Å². The third-order valence-electron chi connectivity index (χ3n) is 4.12. The molecule has 0 spiro atoms. The maximum absolute atomic E-state index is 13.7. The Balaban J connectivity index is 2.03. The number of hydrogen-bond donors (Lipinski definition) is 1. The zero-order valence-electron chi connectivity index (χ0n) is 12.7. The molecular formula is C18H24FNO. The summed E-state index contributed by atoms with van der Waals surface area (Å²) >= 11 is 0. The first kappa shape index (κ1) is 16.0. The molecule has 0 unspecified atom stereocenters. The maximum atomic E-state index is 13.7. The lowest BCUT2D eigenvalue weighted by Gasteiger charge is -2.31. The van der Waals surface area contributed by atoms with Gasteiger partial charge in [-0.15, -0.1) is 0 Å². The summed E-state index contributed by atoms with van der Waals surface area (Å²) in [5, 5.41) is 8.73. The monoisotopic (exact) mass is 289 g/mol. The summed E-state index contributed by atoms with van der Waals surface area (Å²) in [4.78, 5) is 2.37. The Morgan fingerprint density at radius 2 is 2.05 bits per heavy atom. The molecule has 0 saturated heterocycles. The van der Waals surface area contributed by atoms with Crippen LogP contribution < -0.4 is 0 Å². The third kappa shape index (κ3) is 4.84. The van der Waals surface area contributed by atoms with Crippen molar-refractivity contribution in [2.75, 3.05) is 13.7 Å². The highest BCUT2D eigenvalue weighted by Gasteiger charge is 2.18. The van der Waals surface area contributed by atoms with Crippen LogP contribution in [0.25, 0.3) is 0 Å². The van der Waals surface area contributed by atoms with E-state index in [-0.39, 0.29) is 12.4 Å². The van der Waals surface area contributed by atoms with E-state index in [2.05, 4.69) is 23.8 Å². The van der Waals surface area contributed by atoms with E-state index < -0.39 is 0 Å². The van der Waals surface area contributed by atoms with Crippen molar-refractivity contribution in [3.8, 4) is 11.8 Å². The maximum Gasteiger partial charge on any atom is 0.138 e. The molecule has 114 valence electrons. The Morgan fingerprint density at radius 3 is 2.76 bits per heavy atom. The number of nitrogens with zero attached hydrogens (tertiary/aromatic N) is 1. The number of rotatable bonds is 4. The van der Waals surface area contributed by atoms with Crippen LogP contribution in [0.3, 0.4) is 0 Å². The van der Waals surface area contributed by atoms with Gasteiger partial charge in [0.15, 0.2) is 0 Å². The van der Waals surface area contributed by atoms with E-state index in [0.717, 1.165) is 12.1 Å². The number of aliphatic hydroxyl groups is 1. The SMILES string of the molecule is CN(Cc1ccc(F)c(C#CCCO)c1)C1CCCCC1. The van der Waals surface area contributed by atoms with Gasteiger partial charge in [-0.1, -0.05) is 37.2 Å². The first-order valence-electron chi connectivity index (χ1n) is 7.79. The van der Waals surface area contributed by atoms with Gasteiger partial charge in [0, 0.05) is 19.0 Å². The summed E-state index contributed by atoms with van der Waals surface area (Å²) < 4.78 is 13.7. The van der Waals surface area contributed by atoms with Gasteiger partial charge in [-0.2, -0.15) is 0 Å². The van der Waals surface area contributed by atoms with Gasteiger partial charge < -0.3 is 5.11 Å². The van der Waals surface area contributed by atoms with Gasteiger partial charge in [0.2, 0.25) is 0 Å². The lowest BCUT2D eigenvalue weighted by Crippen LogP contribution is -2.32. The molecule has 1 saturated carbocycles. The Bertz CT molecular complexity index is 512. The highest BCUT2D eigenvalue weighted by molar-refractivity contribution is 5.38. The summed E-state index contributed by atoms with van der Waals surface area (Å²) in [6.45, 7) is 0.846. The van der Waals surface area contributed by atoms with Crippen molar-refractivity contribution >= 4 is 0 Å². The molecule has 2 rings (SSSR count). The van der Waals surface area contributed by atoms with Crippen LogP contribution in [0.5, 0.6) is 0 Å². The highest BCUT2D eigenvalue weighted by Crippen LogP contribution is 2.23. The molecule has 21 heavy (non-hydrogen) atoms. The van der Waals surface area contributed by atoms with E-state index in [9.17, 15) is 4.39 Å². The molecule has 0 bridgehead atoms. The van der Waals surface area contributed by atoms with Crippen LogP contribution in [-0.2, 0) is 6.54 Å². The van der Waals surface area contributed by atoms with Crippen molar-refractivity contribution in [3.63, 3.8) is 0 Å². The number of hydrogen-bond acceptors (Lipinski definition) is 2. The zero-order chi connectivity index (χ0) is 15.1. The summed E-state index contributed by atoms with van der Waals surface area (Å²) in [6, 6.07) is 5.81. The topological polar surface area (TPSA) is 23.5 Å². The van der Waals surface area contributed by atoms with Crippen molar-refractivity contribution in [2.24, 2.45) is 0 Å². The summed E-state index contributed by atoms with van der Waals surface area (Å²) in [6.07, 6.45) is 6.89. The Hall–Kier alpha value is -1.37. The third-order valence-corrected chi connectivity index (χ3v) is 4.12. The molecule has 1 aromatic rings. The Labute approximate surface area is 127 Å². The van der Waals surface area contributed by atoms with Crippen LogP contribution in [0.2, 0.25) is 0 Å². The molecule has 0 radical (unpaired) electrons. The fraction of sp³-hybridized carbons (Fsp3) is 0.556. The molecule has 0 amide bonds. The van der Waals surface area contributed by atoms with Crippen LogP contribution in [0.1, 0.15) is 49.7 Å². The number of halogens is 1. The van der Waals surface area contributed by atoms with Crippen molar-refractivity contribution in [3.05, 3.63) is 35.1 Å². The predicted octanol–water partition coefficient (Wildman–Crippen LogP) is 3.32. The molecule has 0 aromatic heterocycles. The molecule has 1 aromatic carbocycles. The van der Waals surface area contributed by atoms with Crippen molar-refractivity contribution in [1.82, 2.24) is 4.90 Å². The first-order valence-corrected chi connectivity index (χ1v) is 7.79. The van der Waals surface area contributed by atoms with Gasteiger partial charge in [0.1, 0.15) is 5.82 Å². The standard InChI is InChI=1S/C18H24FNO/c1-20(17-8-3-2-4-9-17)14-15-10-11-18(19)16(13-15)7-5-6-12-21/h10-11,13,17,21H,2-4,6,8-9,12,14H2,1H3. The minimum atomic E-state index is -0.287. The van der Waals surface area contributed by atoms with E-state index >= 15 is 0 Å². The van der Waals surface area contributed by atoms with E-state index in [1.165, 1.54) is 38.2 Å². The second kappa shape index (κ2) is 8.17. The summed E-state index contributed by atoms with van der Waals surface area (Å²) in [5.74, 6) is 5.30. The highest BCUT2D eigenvalue weighted by atomic mass is 19.1. The minimum Gasteiger partial charge on any atom is -0.395 e. The molecular weight excluding hydrogens is 265 g/mol. The molecule has 1 N–H and O–H groups in total. The molecule has 0 atom stereocenters. The lowest BCUT2D eigenvalue weighted by atomic mass is 9.94. The average molecular weight is 289 g/mol. The fourth-order valence-corrected chi connectivity index (χ4v) is 2.92. The largest absolute Gasteiger partial charge is 0.395 e. The molecule has 3 heteroatoms. The molecule has 1 aliphatic rings. The molecule has 0 aliphatic heterocycles. The fourth-order valence-electron chi connectivity index (χ4n) is 2.92. The van der Waals surface area contributed by atoms with E-state index in [0.29, 0.717) is 18.0 Å². The van der Waals surface area contributed by atoms with Gasteiger partial charge in [-0.05, 0) is 37.6 Å². The van der Waals surface area contributed by atoms with Crippen molar-refractivity contribution < 1.29 is 9.50 Å². The van der Waals surface area contributed by atoms with Gasteiger partial charge in [-0.25, -0.2) is 4.39 Å². The Kier molecular flexibility index (Phi) is 6.22. The predicted molar refractivity (Wildman–Crippen MR) is 83.3 cm³/mol. The van der Waals surface area contributed by atoms with Crippen LogP contribution >= 0.6 is 0 Å². The molecule has 1 fully saturated rings.